The summed E-state index contributed by atoms with van der Waals surface area (Å²) in [7, 11) is -2.33. The maximum Gasteiger partial charge on any atom is 0.340 e. The summed E-state index contributed by atoms with van der Waals surface area (Å²) in [5, 5.41) is 0. The first-order valence-corrected chi connectivity index (χ1v) is 7.40. The Kier molecular flexibility index (Phi) is 4.87. The van der Waals surface area contributed by atoms with Crippen molar-refractivity contribution in [3.05, 3.63) is 23.8 Å². The Bertz CT molecular complexity index is 720. The number of guanidine groups is 2. The molecule has 0 radical (unpaired) electrons. The molecule has 0 aliphatic heterocycles. The first-order chi connectivity index (χ1) is 9.65. The van der Waals surface area contributed by atoms with E-state index in [0.29, 0.717) is 0 Å². The van der Waals surface area contributed by atoms with Gasteiger partial charge in [0.25, 0.3) is 0 Å². The lowest BCUT2D eigenvalue weighted by Crippen LogP contribution is -2.26. The SMILES string of the molecule is COC(=O)c1cc(S(C)(=O)=O)ccc1N=C(N)N=C(N)N. The summed E-state index contributed by atoms with van der Waals surface area (Å²) in [6, 6.07) is 3.73. The number of carbonyl (C=O) groups is 1. The van der Waals surface area contributed by atoms with Gasteiger partial charge in [-0.15, -0.1) is 0 Å². The predicted molar refractivity (Wildman–Crippen MR) is 78.0 cm³/mol. The molecule has 9 nitrogen and oxygen atoms in total. The Morgan fingerprint density at radius 2 is 1.86 bits per heavy atom. The van der Waals surface area contributed by atoms with E-state index in [-0.39, 0.29) is 28.1 Å². The molecular formula is C11H15N5O4S. The van der Waals surface area contributed by atoms with E-state index in [0.717, 1.165) is 19.4 Å². The average Bonchev–Trinajstić information content (AvgIpc) is 2.35. The fourth-order valence-electron chi connectivity index (χ4n) is 1.40. The second kappa shape index (κ2) is 6.22. The van der Waals surface area contributed by atoms with E-state index >= 15 is 0 Å². The number of benzene rings is 1. The highest BCUT2D eigenvalue weighted by Crippen LogP contribution is 2.24. The molecule has 0 aliphatic rings. The molecule has 0 saturated heterocycles. The first kappa shape index (κ1) is 16.4. The van der Waals surface area contributed by atoms with Gasteiger partial charge in [-0.05, 0) is 18.2 Å². The van der Waals surface area contributed by atoms with Crippen molar-refractivity contribution in [2.24, 2.45) is 27.2 Å². The molecule has 0 atom stereocenters. The van der Waals surface area contributed by atoms with E-state index in [1.807, 2.05) is 0 Å². The van der Waals surface area contributed by atoms with Gasteiger partial charge < -0.3 is 21.9 Å². The summed E-state index contributed by atoms with van der Waals surface area (Å²) >= 11 is 0. The van der Waals surface area contributed by atoms with Gasteiger partial charge in [-0.1, -0.05) is 0 Å². The number of sulfone groups is 1. The molecule has 0 heterocycles. The smallest absolute Gasteiger partial charge is 0.340 e. The van der Waals surface area contributed by atoms with E-state index in [4.69, 9.17) is 17.2 Å². The van der Waals surface area contributed by atoms with Crippen molar-refractivity contribution in [1.29, 1.82) is 0 Å². The zero-order chi connectivity index (χ0) is 16.2. The molecule has 10 heteroatoms. The van der Waals surface area contributed by atoms with Crippen LogP contribution in [0.2, 0.25) is 0 Å². The van der Waals surface area contributed by atoms with E-state index in [2.05, 4.69) is 14.7 Å². The molecule has 0 amide bonds. The quantitative estimate of drug-likeness (QED) is 0.369. The van der Waals surface area contributed by atoms with Crippen LogP contribution < -0.4 is 17.2 Å². The van der Waals surface area contributed by atoms with Crippen LogP contribution in [0.5, 0.6) is 0 Å². The van der Waals surface area contributed by atoms with Crippen molar-refractivity contribution in [1.82, 2.24) is 0 Å². The van der Waals surface area contributed by atoms with Crippen molar-refractivity contribution in [3.8, 4) is 0 Å². The number of methoxy groups -OCH3 is 1. The van der Waals surface area contributed by atoms with Crippen LogP contribution in [-0.4, -0.2) is 39.7 Å². The van der Waals surface area contributed by atoms with Gasteiger partial charge in [0.05, 0.1) is 23.3 Å². The fraction of sp³-hybridized carbons (Fsp3) is 0.182. The van der Waals surface area contributed by atoms with Crippen LogP contribution >= 0.6 is 0 Å². The number of ether oxygens (including phenoxy) is 1. The summed E-state index contributed by atoms with van der Waals surface area (Å²) in [6.07, 6.45) is 1.01. The Labute approximate surface area is 121 Å². The molecule has 0 aromatic heterocycles. The zero-order valence-corrected chi connectivity index (χ0v) is 12.2. The number of rotatable bonds is 3. The zero-order valence-electron chi connectivity index (χ0n) is 11.4. The highest BCUT2D eigenvalue weighted by Gasteiger charge is 2.16. The largest absolute Gasteiger partial charge is 0.465 e. The van der Waals surface area contributed by atoms with Gasteiger partial charge in [0.1, 0.15) is 0 Å². The number of nitrogens with two attached hydrogens (primary N) is 3. The summed E-state index contributed by atoms with van der Waals surface area (Å²) in [6.45, 7) is 0. The maximum absolute atomic E-state index is 11.7. The fourth-order valence-corrected chi connectivity index (χ4v) is 2.04. The van der Waals surface area contributed by atoms with Gasteiger partial charge in [-0.2, -0.15) is 4.99 Å². The Balaban J connectivity index is 3.46. The average molecular weight is 313 g/mol. The molecule has 0 fully saturated rings. The topological polar surface area (TPSA) is 163 Å². The summed E-state index contributed by atoms with van der Waals surface area (Å²) in [5.74, 6) is -1.35. The number of carbonyl (C=O) groups excluding carboxylic acids is 1. The maximum atomic E-state index is 11.7. The molecule has 0 saturated carbocycles. The van der Waals surface area contributed by atoms with Crippen LogP contribution in [0.3, 0.4) is 0 Å². The molecule has 0 unspecified atom stereocenters. The molecule has 1 aromatic rings. The molecule has 21 heavy (non-hydrogen) atoms. The number of aliphatic imine (C=N–C) groups is 2. The standard InChI is InChI=1S/C11H15N5O4S/c1-20-9(17)7-5-6(21(2,18)19)3-4-8(7)15-11(14)16-10(12)13/h3-5H,1-2H3,(H6,12,13,14,15,16). The minimum atomic E-state index is -3.49. The van der Waals surface area contributed by atoms with Crippen LogP contribution in [0.4, 0.5) is 5.69 Å². The molecular weight excluding hydrogens is 298 g/mol. The van der Waals surface area contributed by atoms with Crippen LogP contribution in [0.25, 0.3) is 0 Å². The molecule has 1 aromatic carbocycles. The molecule has 114 valence electrons. The van der Waals surface area contributed by atoms with E-state index in [1.165, 1.54) is 12.1 Å². The van der Waals surface area contributed by atoms with Gasteiger partial charge in [0.2, 0.25) is 5.96 Å². The summed E-state index contributed by atoms with van der Waals surface area (Å²) in [5.41, 5.74) is 15.8. The number of nitrogens with zero attached hydrogens (tertiary/aromatic N) is 2. The summed E-state index contributed by atoms with van der Waals surface area (Å²) in [4.78, 5) is 19.0. The van der Waals surface area contributed by atoms with Crippen molar-refractivity contribution in [3.63, 3.8) is 0 Å². The molecule has 0 bridgehead atoms. The number of esters is 1. The van der Waals surface area contributed by atoms with Gasteiger partial charge in [-0.25, -0.2) is 18.2 Å². The highest BCUT2D eigenvalue weighted by molar-refractivity contribution is 7.90. The highest BCUT2D eigenvalue weighted by atomic mass is 32.2. The normalized spacial score (nSPS) is 11.8. The summed E-state index contributed by atoms with van der Waals surface area (Å²) < 4.78 is 27.6. The Morgan fingerprint density at radius 1 is 1.24 bits per heavy atom. The van der Waals surface area contributed by atoms with Crippen LogP contribution in [0.1, 0.15) is 10.4 Å². The van der Waals surface area contributed by atoms with Crippen LogP contribution in [0.15, 0.2) is 33.1 Å². The first-order valence-electron chi connectivity index (χ1n) is 5.51. The van der Waals surface area contributed by atoms with Crippen molar-refractivity contribution >= 4 is 33.4 Å². The molecule has 1 rings (SSSR count). The predicted octanol–water partition coefficient (Wildman–Crippen LogP) is -0.904. The molecule has 0 aliphatic carbocycles. The Hall–Kier alpha value is -2.62. The van der Waals surface area contributed by atoms with Gasteiger partial charge in [0.15, 0.2) is 15.8 Å². The van der Waals surface area contributed by atoms with Crippen LogP contribution in [-0.2, 0) is 14.6 Å². The second-order valence-corrected chi connectivity index (χ2v) is 5.97. The third-order valence-electron chi connectivity index (χ3n) is 2.28. The molecule has 0 spiro atoms. The lowest BCUT2D eigenvalue weighted by molar-refractivity contribution is 0.0601. The number of hydrogen-bond acceptors (Lipinski definition) is 5. The lowest BCUT2D eigenvalue weighted by Gasteiger charge is -2.06. The van der Waals surface area contributed by atoms with Crippen LogP contribution in [0, 0.1) is 0 Å². The monoisotopic (exact) mass is 313 g/mol. The van der Waals surface area contributed by atoms with Gasteiger partial charge >= 0.3 is 5.97 Å². The third kappa shape index (κ3) is 4.45. The van der Waals surface area contributed by atoms with Crippen molar-refractivity contribution in [2.45, 2.75) is 4.90 Å². The van der Waals surface area contributed by atoms with Gasteiger partial charge in [-0.3, -0.25) is 0 Å². The number of hydrogen-bond donors (Lipinski definition) is 3. The lowest BCUT2D eigenvalue weighted by atomic mass is 10.2. The Morgan fingerprint density at radius 3 is 2.33 bits per heavy atom. The van der Waals surface area contributed by atoms with E-state index in [9.17, 15) is 13.2 Å². The van der Waals surface area contributed by atoms with Crippen molar-refractivity contribution in [2.75, 3.05) is 13.4 Å². The third-order valence-corrected chi connectivity index (χ3v) is 3.39. The minimum Gasteiger partial charge on any atom is -0.465 e. The van der Waals surface area contributed by atoms with Gasteiger partial charge in [0, 0.05) is 6.26 Å². The minimum absolute atomic E-state index is 0.0535. The van der Waals surface area contributed by atoms with E-state index < -0.39 is 15.8 Å². The molecule has 6 N–H and O–H groups in total. The second-order valence-electron chi connectivity index (χ2n) is 3.95. The van der Waals surface area contributed by atoms with Crippen molar-refractivity contribution < 1.29 is 17.9 Å². The van der Waals surface area contributed by atoms with E-state index in [1.54, 1.807) is 0 Å².